The van der Waals surface area contributed by atoms with Gasteiger partial charge in [0.25, 0.3) is 21.8 Å². The molecule has 1 fully saturated rings. The highest BCUT2D eigenvalue weighted by molar-refractivity contribution is 7.95. The molecule has 0 aliphatic carbocycles. The van der Waals surface area contributed by atoms with Crippen LogP contribution in [0.3, 0.4) is 0 Å². The van der Waals surface area contributed by atoms with E-state index in [2.05, 4.69) is 27.0 Å². The fourth-order valence-corrected chi connectivity index (χ4v) is 8.47. The predicted molar refractivity (Wildman–Crippen MR) is 215 cm³/mol. The number of hydrogen-bond donors (Lipinski definition) is 1. The molecule has 1 atom stereocenters. The van der Waals surface area contributed by atoms with Crippen molar-refractivity contribution >= 4 is 31.4 Å². The lowest BCUT2D eigenvalue weighted by atomic mass is 10.1. The number of alkyl halides is 4. The maximum absolute atomic E-state index is 13.3. The quantitative estimate of drug-likeness (QED) is 0.0968. The highest BCUT2D eigenvalue weighted by atomic mass is 32.2. The zero-order valence-electron chi connectivity index (χ0n) is 31.7. The molecule has 1 N–H and O–H groups in total. The average molecular weight is 870 g/mol. The highest BCUT2D eigenvalue weighted by Gasteiger charge is 2.27. The second-order valence-electron chi connectivity index (χ2n) is 13.3. The second-order valence-corrected chi connectivity index (χ2v) is 17.2. The van der Waals surface area contributed by atoms with Gasteiger partial charge in [-0.1, -0.05) is 67.2 Å². The molecule has 2 aromatic heterocycles. The van der Waals surface area contributed by atoms with Gasteiger partial charge in [0.2, 0.25) is 21.8 Å². The van der Waals surface area contributed by atoms with Gasteiger partial charge in [0.15, 0.2) is 0 Å². The number of para-hydroxylation sites is 2. The van der Waals surface area contributed by atoms with E-state index in [0.717, 1.165) is 5.41 Å². The number of rotatable bonds is 16. The van der Waals surface area contributed by atoms with Gasteiger partial charge in [-0.25, -0.2) is 16.8 Å². The van der Waals surface area contributed by atoms with Gasteiger partial charge < -0.3 is 13.9 Å². The topological polar surface area (TPSA) is 176 Å². The van der Waals surface area contributed by atoms with Crippen molar-refractivity contribution in [3.05, 3.63) is 144 Å². The van der Waals surface area contributed by atoms with Crippen LogP contribution in [0, 0.1) is 0 Å². The summed E-state index contributed by atoms with van der Waals surface area (Å²) in [6.45, 7) is 5.03. The predicted octanol–water partition coefficient (Wildman–Crippen LogP) is 7.23. The molecule has 0 amide bonds. The first-order valence-corrected chi connectivity index (χ1v) is 21.4. The Morgan fingerprint density at radius 3 is 1.55 bits per heavy atom. The molecule has 0 spiro atoms. The van der Waals surface area contributed by atoms with Crippen molar-refractivity contribution in [2.75, 3.05) is 34.0 Å². The van der Waals surface area contributed by atoms with Crippen LogP contribution in [-0.2, 0) is 33.1 Å². The SMILES string of the molecule is C=CS(=O)(=O)N(Cc1ccc(-c2nnc(C(F)F)o2)cc1)c1ccccc1.O=S(=O)(CCN1CC[C@@H](O)C1)N(Cc1ccc(-c2nnc(C(F)F)o2)cc1)c1ccccc1. The molecule has 3 heterocycles. The Bertz CT molecular complexity index is 2530. The molecule has 0 saturated carbocycles. The average Bonchev–Trinajstić information content (AvgIpc) is 4.05. The summed E-state index contributed by atoms with van der Waals surface area (Å²) in [6.07, 6.45) is -5.45. The van der Waals surface area contributed by atoms with Gasteiger partial charge >= 0.3 is 12.9 Å². The van der Waals surface area contributed by atoms with Crippen LogP contribution in [0.15, 0.2) is 130 Å². The molecule has 1 aliphatic heterocycles. The molecule has 1 saturated heterocycles. The van der Waals surface area contributed by atoms with Crippen molar-refractivity contribution in [1.82, 2.24) is 25.3 Å². The van der Waals surface area contributed by atoms with Gasteiger partial charge in [-0.15, -0.1) is 20.4 Å². The van der Waals surface area contributed by atoms with Crippen LogP contribution >= 0.6 is 0 Å². The van der Waals surface area contributed by atoms with E-state index in [1.54, 1.807) is 103 Å². The van der Waals surface area contributed by atoms with Crippen LogP contribution in [0.4, 0.5) is 28.9 Å². The van der Waals surface area contributed by atoms with Crippen LogP contribution < -0.4 is 8.61 Å². The second kappa shape index (κ2) is 19.4. The summed E-state index contributed by atoms with van der Waals surface area (Å²) >= 11 is 0. The Morgan fingerprint density at radius 1 is 0.700 bits per heavy atom. The maximum atomic E-state index is 13.3. The largest absolute Gasteiger partial charge is 0.415 e. The number of halogens is 4. The van der Waals surface area contributed by atoms with E-state index in [9.17, 15) is 39.5 Å². The van der Waals surface area contributed by atoms with Crippen molar-refractivity contribution < 1.29 is 48.3 Å². The van der Waals surface area contributed by atoms with Crippen molar-refractivity contribution in [3.63, 3.8) is 0 Å². The van der Waals surface area contributed by atoms with Crippen LogP contribution in [0.2, 0.25) is 0 Å². The number of aliphatic hydroxyl groups is 1. The molecule has 6 aromatic rings. The van der Waals surface area contributed by atoms with Crippen LogP contribution in [0.1, 0.15) is 42.2 Å². The van der Waals surface area contributed by atoms with E-state index >= 15 is 0 Å². The van der Waals surface area contributed by atoms with Gasteiger partial charge in [0.1, 0.15) is 0 Å². The van der Waals surface area contributed by atoms with Crippen LogP contribution in [0.5, 0.6) is 0 Å². The molecule has 316 valence electrons. The van der Waals surface area contributed by atoms with Crippen molar-refractivity contribution in [1.29, 1.82) is 0 Å². The normalized spacial score (nSPS) is 14.6. The van der Waals surface area contributed by atoms with Gasteiger partial charge in [-0.2, -0.15) is 17.6 Å². The highest BCUT2D eigenvalue weighted by Crippen LogP contribution is 2.28. The lowest BCUT2D eigenvalue weighted by Gasteiger charge is -2.26. The number of hydrogen-bond acceptors (Lipinski definition) is 12. The van der Waals surface area contributed by atoms with Gasteiger partial charge in [-0.05, 0) is 66.1 Å². The number of benzene rings is 4. The smallest absolute Gasteiger partial charge is 0.314 e. The first-order valence-electron chi connectivity index (χ1n) is 18.3. The van der Waals surface area contributed by atoms with Crippen LogP contribution in [-0.4, -0.2) is 78.7 Å². The number of aliphatic hydroxyl groups excluding tert-OH is 1. The zero-order valence-corrected chi connectivity index (χ0v) is 33.3. The minimum absolute atomic E-state index is 0.0304. The lowest BCUT2D eigenvalue weighted by Crippen LogP contribution is -2.37. The minimum Gasteiger partial charge on any atom is -0.415 e. The standard InChI is InChI=1S/C22H24F2N4O4S.C18H15F2N3O3S/c23-20(24)22-26-25-21(32-22)17-8-6-16(7-9-17)14-28(18-4-2-1-3-5-18)33(30,31)13-12-27-11-10-19(29)15-27;1-2-27(24,25)23(15-6-4-3-5-7-15)12-13-8-10-14(11-9-13)17-21-22-18(26-17)16(19)20/h1-9,19-20,29H,10-15H2;2-11,16H,1,12H2/t19-;/m1./s1. The summed E-state index contributed by atoms with van der Waals surface area (Å²) in [6, 6.07) is 30.6. The fraction of sp³-hybridized carbons (Fsp3) is 0.250. The Labute approximate surface area is 343 Å². The molecule has 0 unspecified atom stereocenters. The van der Waals surface area contributed by atoms with E-state index in [4.69, 9.17) is 8.83 Å². The maximum Gasteiger partial charge on any atom is 0.314 e. The summed E-state index contributed by atoms with van der Waals surface area (Å²) in [4.78, 5) is 1.94. The summed E-state index contributed by atoms with van der Waals surface area (Å²) in [5.74, 6) is -1.64. The van der Waals surface area contributed by atoms with E-state index in [-0.39, 0.29) is 30.6 Å². The number of anilines is 2. The van der Waals surface area contributed by atoms with E-state index in [1.165, 1.54) is 8.61 Å². The van der Waals surface area contributed by atoms with E-state index < -0.39 is 50.8 Å². The summed E-state index contributed by atoms with van der Waals surface area (Å²) in [7, 11) is -7.37. The minimum atomic E-state index is -3.71. The Morgan fingerprint density at radius 2 is 1.15 bits per heavy atom. The lowest BCUT2D eigenvalue weighted by molar-refractivity contribution is 0.115. The number of aromatic nitrogens is 4. The molecule has 7 rings (SSSR count). The van der Waals surface area contributed by atoms with E-state index in [0.29, 0.717) is 59.7 Å². The molecule has 4 aromatic carbocycles. The summed E-state index contributed by atoms with van der Waals surface area (Å²) in [5.41, 5.74) is 3.34. The first kappa shape index (κ1) is 43.6. The first-order chi connectivity index (χ1) is 28.7. The van der Waals surface area contributed by atoms with Gasteiger partial charge in [0.05, 0.1) is 36.3 Å². The summed E-state index contributed by atoms with van der Waals surface area (Å²) in [5, 5.41) is 24.4. The number of likely N-dealkylation sites (tertiary alicyclic amines) is 1. The zero-order chi connectivity index (χ0) is 42.9. The van der Waals surface area contributed by atoms with Gasteiger partial charge in [-0.3, -0.25) is 13.5 Å². The van der Waals surface area contributed by atoms with Crippen molar-refractivity contribution in [2.24, 2.45) is 0 Å². The Hall–Kier alpha value is -5.96. The third kappa shape index (κ3) is 11.2. The molecule has 0 radical (unpaired) electrons. The Balaban J connectivity index is 0.000000205. The molecular formula is C40H39F4N7O7S2. The number of β-amino-alcohol motifs (C(OH)–C–C–N with tert-alkyl or cyclic N) is 1. The molecule has 1 aliphatic rings. The van der Waals surface area contributed by atoms with Crippen molar-refractivity contribution in [3.8, 4) is 22.9 Å². The third-order valence-electron chi connectivity index (χ3n) is 9.16. The summed E-state index contributed by atoms with van der Waals surface area (Å²) < 4.78 is 114. The molecule has 20 heteroatoms. The number of nitrogens with zero attached hydrogens (tertiary/aromatic N) is 7. The molecule has 14 nitrogen and oxygen atoms in total. The van der Waals surface area contributed by atoms with Gasteiger partial charge in [0, 0.05) is 36.2 Å². The number of sulfonamides is 2. The van der Waals surface area contributed by atoms with E-state index in [1.807, 2.05) is 11.0 Å². The molecular weight excluding hydrogens is 831 g/mol. The third-order valence-corrected chi connectivity index (χ3v) is 12.2. The molecule has 0 bridgehead atoms. The van der Waals surface area contributed by atoms with Crippen LogP contribution in [0.25, 0.3) is 22.9 Å². The fourth-order valence-electron chi connectivity index (χ4n) is 6.04. The monoisotopic (exact) mass is 869 g/mol. The Kier molecular flexibility index (Phi) is 14.1. The van der Waals surface area contributed by atoms with Crippen molar-refractivity contribution in [2.45, 2.75) is 38.5 Å². The molecule has 60 heavy (non-hydrogen) atoms.